The van der Waals surface area contributed by atoms with Crippen LogP contribution in [0.4, 0.5) is 18.9 Å². The van der Waals surface area contributed by atoms with Gasteiger partial charge in [-0.05, 0) is 18.2 Å². The number of amides is 1. The van der Waals surface area contributed by atoms with Crippen LogP contribution in [0.1, 0.15) is 22.2 Å². The van der Waals surface area contributed by atoms with Crippen molar-refractivity contribution in [1.82, 2.24) is 24.6 Å². The van der Waals surface area contributed by atoms with Crippen LogP contribution in [0.15, 0.2) is 36.8 Å². The first kappa shape index (κ1) is 24.0. The summed E-state index contributed by atoms with van der Waals surface area (Å²) >= 11 is 0. The third kappa shape index (κ3) is 4.46. The highest BCUT2D eigenvalue weighted by atomic mass is 19.4. The zero-order chi connectivity index (χ0) is 25.4. The Morgan fingerprint density at radius 1 is 1.14 bits per heavy atom. The number of pyridine rings is 2. The van der Waals surface area contributed by atoms with Gasteiger partial charge in [0.25, 0.3) is 11.8 Å². The predicted octanol–water partition coefficient (Wildman–Crippen LogP) is 2.91. The second-order valence-electron chi connectivity index (χ2n) is 8.27. The van der Waals surface area contributed by atoms with E-state index in [0.29, 0.717) is 60.4 Å². The first-order valence-electron chi connectivity index (χ1n) is 11.1. The number of aromatic nitrogens is 4. The van der Waals surface area contributed by atoms with Gasteiger partial charge in [0.05, 0.1) is 56.3 Å². The van der Waals surface area contributed by atoms with Crippen LogP contribution in [-0.4, -0.2) is 77.3 Å². The van der Waals surface area contributed by atoms with E-state index in [9.17, 15) is 18.0 Å². The standard InChI is InChI=1S/C23H23F3N6O4/c1-34-18-9-14(10-27-20(18)35-2)17-4-3-16-19(29-17)21(30-5-7-36-8-6-30)32(22(16)33)15-11-28-31(12-15)13-23(24,25)26/h3-4,9-12,21H,5-8,13H2,1-2H3/t21-/m0/s1. The van der Waals surface area contributed by atoms with E-state index in [2.05, 4.69) is 10.1 Å². The van der Waals surface area contributed by atoms with Gasteiger partial charge in [0.15, 0.2) is 5.75 Å². The fourth-order valence-electron chi connectivity index (χ4n) is 4.41. The van der Waals surface area contributed by atoms with Crippen molar-refractivity contribution in [3.05, 3.63) is 48.0 Å². The van der Waals surface area contributed by atoms with E-state index in [1.54, 1.807) is 24.4 Å². The molecule has 5 rings (SSSR count). The average Bonchev–Trinajstić information content (AvgIpc) is 3.44. The SMILES string of the molecule is COc1cc(-c2ccc3c(n2)[C@@H](N2CCOCC2)N(c2cnn(CC(F)(F)F)c2)C3=O)cnc1OC. The number of halogens is 3. The Kier molecular flexibility index (Phi) is 6.26. The van der Waals surface area contributed by atoms with Crippen molar-refractivity contribution in [3.8, 4) is 22.9 Å². The van der Waals surface area contributed by atoms with Crippen molar-refractivity contribution in [3.63, 3.8) is 0 Å². The molecule has 0 radical (unpaired) electrons. The summed E-state index contributed by atoms with van der Waals surface area (Å²) in [6, 6.07) is 5.11. The third-order valence-corrected chi connectivity index (χ3v) is 6.02. The number of alkyl halides is 3. The number of carbonyl (C=O) groups excluding carboxylic acids is 1. The summed E-state index contributed by atoms with van der Waals surface area (Å²) in [4.78, 5) is 26.0. The van der Waals surface area contributed by atoms with Crippen LogP contribution >= 0.6 is 0 Å². The molecule has 0 bridgehead atoms. The maximum Gasteiger partial charge on any atom is 0.408 e. The van der Waals surface area contributed by atoms with Crippen molar-refractivity contribution in [2.24, 2.45) is 0 Å². The number of fused-ring (bicyclic) bond motifs is 1. The predicted molar refractivity (Wildman–Crippen MR) is 121 cm³/mol. The number of methoxy groups -OCH3 is 2. The van der Waals surface area contributed by atoms with E-state index in [-0.39, 0.29) is 11.6 Å². The molecule has 0 N–H and O–H groups in total. The van der Waals surface area contributed by atoms with Gasteiger partial charge in [0.1, 0.15) is 12.7 Å². The zero-order valence-corrected chi connectivity index (χ0v) is 19.5. The summed E-state index contributed by atoms with van der Waals surface area (Å²) in [6.07, 6.45) is -0.982. The Hall–Kier alpha value is -3.71. The van der Waals surface area contributed by atoms with Gasteiger partial charge in [0.2, 0.25) is 0 Å². The monoisotopic (exact) mass is 504 g/mol. The van der Waals surface area contributed by atoms with Crippen molar-refractivity contribution in [1.29, 1.82) is 0 Å². The highest BCUT2D eigenvalue weighted by Gasteiger charge is 2.44. The Morgan fingerprint density at radius 3 is 2.61 bits per heavy atom. The van der Waals surface area contributed by atoms with E-state index in [4.69, 9.17) is 19.2 Å². The largest absolute Gasteiger partial charge is 0.491 e. The molecule has 2 aliphatic rings. The van der Waals surface area contributed by atoms with Crippen LogP contribution in [0.25, 0.3) is 11.3 Å². The topological polar surface area (TPSA) is 94.8 Å². The summed E-state index contributed by atoms with van der Waals surface area (Å²) in [6.45, 7) is 0.711. The van der Waals surface area contributed by atoms with Gasteiger partial charge in [-0.15, -0.1) is 0 Å². The van der Waals surface area contributed by atoms with Gasteiger partial charge in [0, 0.05) is 31.0 Å². The van der Waals surface area contributed by atoms with Gasteiger partial charge in [-0.2, -0.15) is 18.3 Å². The van der Waals surface area contributed by atoms with Crippen LogP contribution in [0, 0.1) is 0 Å². The molecule has 1 fully saturated rings. The molecule has 190 valence electrons. The van der Waals surface area contributed by atoms with Crippen molar-refractivity contribution in [2.75, 3.05) is 45.4 Å². The summed E-state index contributed by atoms with van der Waals surface area (Å²) in [5.74, 6) is 0.389. The number of hydrogen-bond acceptors (Lipinski definition) is 8. The Balaban J connectivity index is 1.56. The number of morpholine rings is 1. The number of nitrogens with zero attached hydrogens (tertiary/aromatic N) is 6. The van der Waals surface area contributed by atoms with Crippen LogP contribution in [-0.2, 0) is 11.3 Å². The molecule has 36 heavy (non-hydrogen) atoms. The molecule has 0 aliphatic carbocycles. The lowest BCUT2D eigenvalue weighted by Crippen LogP contribution is -2.45. The minimum absolute atomic E-state index is 0.257. The number of hydrogen-bond donors (Lipinski definition) is 0. The van der Waals surface area contributed by atoms with Crippen molar-refractivity contribution in [2.45, 2.75) is 18.9 Å². The molecule has 1 atom stereocenters. The summed E-state index contributed by atoms with van der Waals surface area (Å²) in [5, 5.41) is 3.83. The van der Waals surface area contributed by atoms with E-state index in [0.717, 1.165) is 4.68 Å². The molecular weight excluding hydrogens is 481 g/mol. The summed E-state index contributed by atoms with van der Waals surface area (Å²) in [5.41, 5.74) is 2.33. The Labute approximate surface area is 204 Å². The maximum atomic E-state index is 13.5. The highest BCUT2D eigenvalue weighted by molar-refractivity contribution is 6.10. The smallest absolute Gasteiger partial charge is 0.408 e. The van der Waals surface area contributed by atoms with Crippen LogP contribution in [0.5, 0.6) is 11.6 Å². The van der Waals surface area contributed by atoms with Crippen LogP contribution < -0.4 is 14.4 Å². The molecule has 13 heteroatoms. The Bertz CT molecular complexity index is 1270. The van der Waals surface area contributed by atoms with E-state index in [1.165, 1.54) is 31.5 Å². The molecule has 1 amide bonds. The van der Waals surface area contributed by atoms with Crippen LogP contribution in [0.2, 0.25) is 0 Å². The Morgan fingerprint density at radius 2 is 1.92 bits per heavy atom. The lowest BCUT2D eigenvalue weighted by atomic mass is 10.1. The molecule has 5 heterocycles. The van der Waals surface area contributed by atoms with Gasteiger partial charge in [-0.3, -0.25) is 19.3 Å². The second kappa shape index (κ2) is 9.39. The zero-order valence-electron chi connectivity index (χ0n) is 19.5. The fourth-order valence-corrected chi connectivity index (χ4v) is 4.41. The molecular formula is C23H23F3N6O4. The minimum Gasteiger partial charge on any atom is -0.491 e. The first-order chi connectivity index (χ1) is 17.3. The van der Waals surface area contributed by atoms with Crippen molar-refractivity contribution < 1.29 is 32.2 Å². The third-order valence-electron chi connectivity index (χ3n) is 6.02. The van der Waals surface area contributed by atoms with Gasteiger partial charge < -0.3 is 14.2 Å². The van der Waals surface area contributed by atoms with Gasteiger partial charge in [-0.25, -0.2) is 9.97 Å². The molecule has 0 unspecified atom stereocenters. The normalized spacial score (nSPS) is 18.4. The van der Waals surface area contributed by atoms with Crippen LogP contribution in [0.3, 0.4) is 0 Å². The minimum atomic E-state index is -4.44. The van der Waals surface area contributed by atoms with E-state index < -0.39 is 18.9 Å². The maximum absolute atomic E-state index is 13.5. The number of anilines is 1. The molecule has 10 nitrogen and oxygen atoms in total. The molecule has 3 aromatic heterocycles. The second-order valence-corrected chi connectivity index (χ2v) is 8.27. The van der Waals surface area contributed by atoms with Crippen molar-refractivity contribution >= 4 is 11.6 Å². The average molecular weight is 504 g/mol. The molecule has 0 spiro atoms. The molecule has 0 saturated carbocycles. The van der Waals surface area contributed by atoms with Gasteiger partial charge >= 0.3 is 6.18 Å². The summed E-state index contributed by atoms with van der Waals surface area (Å²) < 4.78 is 55.5. The summed E-state index contributed by atoms with van der Waals surface area (Å²) in [7, 11) is 2.99. The molecule has 1 saturated heterocycles. The lowest BCUT2D eigenvalue weighted by molar-refractivity contribution is -0.142. The molecule has 2 aliphatic heterocycles. The molecule has 0 aromatic carbocycles. The van der Waals surface area contributed by atoms with E-state index >= 15 is 0 Å². The fraction of sp³-hybridized carbons (Fsp3) is 0.391. The first-order valence-corrected chi connectivity index (χ1v) is 11.1. The number of carbonyl (C=O) groups is 1. The molecule has 3 aromatic rings. The quantitative estimate of drug-likeness (QED) is 0.506. The number of ether oxygens (including phenoxy) is 3. The van der Waals surface area contributed by atoms with Gasteiger partial charge in [-0.1, -0.05) is 0 Å². The number of rotatable bonds is 6. The van der Waals surface area contributed by atoms with E-state index in [1.807, 2.05) is 4.90 Å². The lowest BCUT2D eigenvalue weighted by Gasteiger charge is -2.36. The highest BCUT2D eigenvalue weighted by Crippen LogP contribution is 2.40.